The zero-order valence-corrected chi connectivity index (χ0v) is 20.5. The highest BCUT2D eigenvalue weighted by atomic mass is 19.2. The number of rotatable bonds is 9. The maximum absolute atomic E-state index is 13.6. The van der Waals surface area contributed by atoms with Gasteiger partial charge in [0, 0.05) is 17.9 Å². The molecule has 4 atom stereocenters. The first kappa shape index (κ1) is 25.5. The SMILES string of the molecule is O=C1C(c2ccc(F)cc2)[C@H](c2ccc(OCc3ccccc3)cc2)[C@H]1C(O)CC(=O)[14c]1[14cH][14cH][14c](F)[14cH][14cH]1. The quantitative estimate of drug-likeness (QED) is 0.263. The molecule has 0 radical (unpaired) electrons. The summed E-state index contributed by atoms with van der Waals surface area (Å²) >= 11 is 0. The average molecular weight is 525 g/mol. The maximum Gasteiger partial charge on any atom is 0.165 e. The molecule has 38 heavy (non-hydrogen) atoms. The second-order valence-electron chi connectivity index (χ2n) is 9.53. The number of carbonyl (C=O) groups is 2. The topological polar surface area (TPSA) is 63.6 Å². The molecule has 0 bridgehead atoms. The van der Waals surface area contributed by atoms with Crippen molar-refractivity contribution in [2.24, 2.45) is 5.92 Å². The second-order valence-corrected chi connectivity index (χ2v) is 9.53. The van der Waals surface area contributed by atoms with Gasteiger partial charge in [-0.2, -0.15) is 0 Å². The van der Waals surface area contributed by atoms with Crippen LogP contribution in [0.15, 0.2) is 103 Å². The van der Waals surface area contributed by atoms with Crippen molar-refractivity contribution >= 4 is 11.6 Å². The Bertz CT molecular complexity index is 1400. The highest BCUT2D eigenvalue weighted by Gasteiger charge is 2.54. The molecule has 0 amide bonds. The third kappa shape index (κ3) is 5.41. The molecule has 0 aromatic heterocycles. The van der Waals surface area contributed by atoms with Gasteiger partial charge in [-0.05, 0) is 65.2 Å². The number of hydrogen-bond acceptors (Lipinski definition) is 4. The molecule has 4 aromatic carbocycles. The molecule has 6 heteroatoms. The molecule has 0 heterocycles. The van der Waals surface area contributed by atoms with E-state index in [4.69, 9.17) is 4.74 Å². The van der Waals surface area contributed by atoms with Gasteiger partial charge in [0.25, 0.3) is 0 Å². The van der Waals surface area contributed by atoms with Crippen molar-refractivity contribution in [1.29, 1.82) is 0 Å². The van der Waals surface area contributed by atoms with Gasteiger partial charge in [-0.3, -0.25) is 9.59 Å². The first-order chi connectivity index (χ1) is 18.4. The van der Waals surface area contributed by atoms with Gasteiger partial charge >= 0.3 is 0 Å². The standard InChI is InChI=1S/C32H26F2O4/c33-24-12-6-21(7-13-24)27(35)18-28(36)31-29(30(32(31)37)23-8-14-25(34)15-9-23)22-10-16-26(17-11-22)38-19-20-4-2-1-3-5-20/h1-17,28-31,36H,18-19H2/t28?,29-,30?,31+/m0/s1/i6+2,7+2,12+2,13+2,21+2,24+2. The number of carbonyl (C=O) groups excluding carboxylic acids is 2. The number of halogens is 2. The summed E-state index contributed by atoms with van der Waals surface area (Å²) in [6.45, 7) is 0.410. The third-order valence-electron chi connectivity index (χ3n) is 7.10. The molecule has 5 rings (SSSR count). The van der Waals surface area contributed by atoms with Gasteiger partial charge in [0.15, 0.2) is 5.78 Å². The molecular weight excluding hydrogens is 498 g/mol. The highest BCUT2D eigenvalue weighted by molar-refractivity contribution is 6.00. The van der Waals surface area contributed by atoms with Crippen molar-refractivity contribution < 1.29 is 28.2 Å². The summed E-state index contributed by atoms with van der Waals surface area (Å²) in [4.78, 5) is 26.1. The Labute approximate surface area is 219 Å². The number of Topliss-reactive ketones (excluding diaryl/α,β-unsaturated/α-hetero) is 2. The number of aliphatic hydroxyl groups excluding tert-OH is 1. The molecule has 4 nitrogen and oxygen atoms in total. The zero-order chi connectivity index (χ0) is 26.6. The summed E-state index contributed by atoms with van der Waals surface area (Å²) < 4.78 is 32.7. The summed E-state index contributed by atoms with van der Waals surface area (Å²) in [7, 11) is 0. The molecule has 0 aliphatic heterocycles. The van der Waals surface area contributed by atoms with Crippen LogP contribution in [-0.2, 0) is 11.4 Å². The Kier molecular flexibility index (Phi) is 7.43. The van der Waals surface area contributed by atoms with Crippen molar-refractivity contribution in [3.63, 3.8) is 0 Å². The summed E-state index contributed by atoms with van der Waals surface area (Å²) in [5.74, 6) is -2.59. The van der Waals surface area contributed by atoms with Crippen LogP contribution in [-0.4, -0.2) is 22.8 Å². The van der Waals surface area contributed by atoms with Crippen LogP contribution in [0, 0.1) is 17.6 Å². The van der Waals surface area contributed by atoms with E-state index in [-0.39, 0.29) is 23.6 Å². The monoisotopic (exact) mass is 524 g/mol. The molecule has 0 saturated heterocycles. The van der Waals surface area contributed by atoms with Crippen molar-refractivity contribution in [2.75, 3.05) is 0 Å². The Morgan fingerprint density at radius 3 is 2.21 bits per heavy atom. The van der Waals surface area contributed by atoms with Gasteiger partial charge in [0.05, 0.1) is 17.9 Å². The van der Waals surface area contributed by atoms with E-state index in [1.807, 2.05) is 54.6 Å². The highest BCUT2D eigenvalue weighted by Crippen LogP contribution is 2.52. The summed E-state index contributed by atoms with van der Waals surface area (Å²) in [6, 6.07) is 28.0. The molecule has 1 fully saturated rings. The largest absolute Gasteiger partial charge is 0.489 e. The normalized spacial score (nSPS) is 19.4. The van der Waals surface area contributed by atoms with E-state index in [9.17, 15) is 23.5 Å². The Morgan fingerprint density at radius 2 is 1.55 bits per heavy atom. The van der Waals surface area contributed by atoms with Gasteiger partial charge in [-0.25, -0.2) is 8.78 Å². The number of aliphatic hydroxyl groups is 1. The van der Waals surface area contributed by atoms with Crippen LogP contribution in [0.4, 0.5) is 8.78 Å². The van der Waals surface area contributed by atoms with Crippen LogP contribution < -0.4 is 4.74 Å². The summed E-state index contributed by atoms with van der Waals surface area (Å²) in [5.41, 5.74) is 2.76. The van der Waals surface area contributed by atoms with Gasteiger partial charge < -0.3 is 9.84 Å². The van der Waals surface area contributed by atoms with E-state index in [1.54, 1.807) is 12.1 Å². The number of ether oxygens (including phenoxy) is 1. The van der Waals surface area contributed by atoms with E-state index >= 15 is 0 Å². The molecule has 192 valence electrons. The molecule has 1 aliphatic rings. The molecular formula is C32H26F2O4. The van der Waals surface area contributed by atoms with Gasteiger partial charge in [-0.1, -0.05) is 54.6 Å². The number of benzene rings is 4. The van der Waals surface area contributed by atoms with E-state index in [0.29, 0.717) is 17.9 Å². The predicted molar refractivity (Wildman–Crippen MR) is 139 cm³/mol. The first-order valence-corrected chi connectivity index (χ1v) is 12.4. The minimum absolute atomic E-state index is 0.203. The van der Waals surface area contributed by atoms with Crippen molar-refractivity contribution in [3.05, 3.63) is 137 Å². The summed E-state index contributed by atoms with van der Waals surface area (Å²) in [5, 5.41) is 11.0. The smallest absolute Gasteiger partial charge is 0.165 e. The lowest BCUT2D eigenvalue weighted by Gasteiger charge is -2.46. The molecule has 1 aliphatic carbocycles. The Hall–Kier alpha value is -4.16. The minimum Gasteiger partial charge on any atom is -0.489 e. The first-order valence-electron chi connectivity index (χ1n) is 12.4. The third-order valence-corrected chi connectivity index (χ3v) is 7.10. The molecule has 4 aromatic rings. The molecule has 1 saturated carbocycles. The average Bonchev–Trinajstić information content (AvgIpc) is 2.93. The maximum atomic E-state index is 13.6. The van der Waals surface area contributed by atoms with Crippen molar-refractivity contribution in [1.82, 2.24) is 0 Å². The van der Waals surface area contributed by atoms with Gasteiger partial charge in [0.2, 0.25) is 0 Å². The fraction of sp³-hybridized carbons (Fsp3) is 0.188. The van der Waals surface area contributed by atoms with Crippen LogP contribution in [0.5, 0.6) is 5.75 Å². The minimum atomic E-state index is -1.23. The summed E-state index contributed by atoms with van der Waals surface area (Å²) in [6.07, 6.45) is -1.50. The lowest BCUT2D eigenvalue weighted by atomic mass is 9.56. The van der Waals surface area contributed by atoms with E-state index < -0.39 is 35.5 Å². The van der Waals surface area contributed by atoms with Crippen molar-refractivity contribution in [3.8, 4) is 5.75 Å². The molecule has 0 spiro atoms. The van der Waals surface area contributed by atoms with Crippen LogP contribution in [0.3, 0.4) is 0 Å². The van der Waals surface area contributed by atoms with E-state index in [1.165, 1.54) is 36.4 Å². The van der Waals surface area contributed by atoms with Crippen LogP contribution in [0.25, 0.3) is 0 Å². The van der Waals surface area contributed by atoms with Gasteiger partial charge in [-0.15, -0.1) is 0 Å². The van der Waals surface area contributed by atoms with Gasteiger partial charge in [0.1, 0.15) is 29.8 Å². The van der Waals surface area contributed by atoms with Crippen LogP contribution in [0.2, 0.25) is 0 Å². The van der Waals surface area contributed by atoms with Crippen LogP contribution in [0.1, 0.15) is 45.3 Å². The lowest BCUT2D eigenvalue weighted by molar-refractivity contribution is -0.139. The second kappa shape index (κ2) is 11.1. The fourth-order valence-electron chi connectivity index (χ4n) is 5.12. The van der Waals surface area contributed by atoms with E-state index in [2.05, 4.69) is 0 Å². The fourth-order valence-corrected chi connectivity index (χ4v) is 5.12. The van der Waals surface area contributed by atoms with Crippen LogP contribution >= 0.6 is 0 Å². The molecule has 1 N–H and O–H groups in total. The lowest BCUT2D eigenvalue weighted by Crippen LogP contribution is -2.50. The van der Waals surface area contributed by atoms with E-state index in [0.717, 1.165) is 11.1 Å². The zero-order valence-electron chi connectivity index (χ0n) is 20.5. The number of ketones is 2. The molecule has 2 unspecified atom stereocenters. The Balaban J connectivity index is 1.36. The number of hydrogen-bond donors (Lipinski definition) is 1. The van der Waals surface area contributed by atoms with Crippen molar-refractivity contribution in [2.45, 2.75) is 31.0 Å². The predicted octanol–water partition coefficient (Wildman–Crippen LogP) is 6.24. The Morgan fingerprint density at radius 1 is 0.921 bits per heavy atom.